The lowest BCUT2D eigenvalue weighted by atomic mass is 10.0. The number of nitrogens with zero attached hydrogens (tertiary/aromatic N) is 3. The maximum atomic E-state index is 11.3. The Bertz CT molecular complexity index is 1540. The first kappa shape index (κ1) is 40.1. The summed E-state index contributed by atoms with van der Waals surface area (Å²) < 4.78 is 22.7. The fourth-order valence-electron chi connectivity index (χ4n) is 6.50. The molecule has 3 aromatic carbocycles. The van der Waals surface area contributed by atoms with Gasteiger partial charge in [-0.2, -0.15) is 0 Å². The molecule has 0 bridgehead atoms. The van der Waals surface area contributed by atoms with Crippen molar-refractivity contribution in [2.45, 2.75) is 59.4 Å². The van der Waals surface area contributed by atoms with Crippen LogP contribution in [0.3, 0.4) is 0 Å². The molecule has 0 radical (unpaired) electrons. The summed E-state index contributed by atoms with van der Waals surface area (Å²) >= 11 is 0. The van der Waals surface area contributed by atoms with Crippen molar-refractivity contribution in [1.82, 2.24) is 25.3 Å². The summed E-state index contributed by atoms with van der Waals surface area (Å²) in [6.45, 7) is 10.8. The van der Waals surface area contributed by atoms with Crippen LogP contribution in [0.2, 0.25) is 0 Å². The second-order valence-corrected chi connectivity index (χ2v) is 16.7. The third kappa shape index (κ3) is 13.8. The Hall–Kier alpha value is -2.64. The number of nitrogens with one attached hydrogen (secondary N) is 2. The zero-order valence-corrected chi connectivity index (χ0v) is 30.8. The fraction of sp³-hybridized carbons (Fsp3) is 0.486. The van der Waals surface area contributed by atoms with Crippen molar-refractivity contribution in [3.8, 4) is 11.5 Å². The highest BCUT2D eigenvalue weighted by Crippen LogP contribution is 2.34. The molecule has 0 saturated carbocycles. The van der Waals surface area contributed by atoms with Gasteiger partial charge >= 0.3 is 15.2 Å². The Morgan fingerprint density at radius 2 is 0.960 bits per heavy atom. The molecule has 276 valence electrons. The smallest absolute Gasteiger partial charge is 0.339 e. The average Bonchev–Trinajstić information content (AvgIpc) is 3.06. The van der Waals surface area contributed by atoms with E-state index in [2.05, 4.69) is 49.6 Å². The predicted octanol–water partition coefficient (Wildman–Crippen LogP) is 3.76. The number of phenols is 2. The van der Waals surface area contributed by atoms with Gasteiger partial charge in [0.15, 0.2) is 0 Å². The summed E-state index contributed by atoms with van der Waals surface area (Å²) in [6.07, 6.45) is 0.914. The summed E-state index contributed by atoms with van der Waals surface area (Å²) in [5.41, 5.74) is 5.82. The highest BCUT2D eigenvalue weighted by Gasteiger charge is 2.20. The molecule has 1 heterocycles. The first-order valence-electron chi connectivity index (χ1n) is 17.0. The molecule has 3 aromatic rings. The molecule has 0 spiro atoms. The number of rotatable bonds is 14. The SMILES string of the molecule is Cc1cc(CNCP(=O)(O)O)c(O)c(CN2CCCN(Cc3ccccc3)CCCN(Cc3cc(C)cc(CNCP(=O)(O)O)c3O)CC2)c1. The summed E-state index contributed by atoms with van der Waals surface area (Å²) in [6, 6.07) is 18.0. The first-order valence-corrected chi connectivity index (χ1v) is 20.6. The lowest BCUT2D eigenvalue weighted by Crippen LogP contribution is -2.36. The highest BCUT2D eigenvalue weighted by molar-refractivity contribution is 7.51. The van der Waals surface area contributed by atoms with Gasteiger partial charge in [0.1, 0.15) is 11.5 Å². The van der Waals surface area contributed by atoms with Crippen LogP contribution in [-0.4, -0.2) is 96.3 Å². The largest absolute Gasteiger partial charge is 0.507 e. The Morgan fingerprint density at radius 3 is 1.36 bits per heavy atom. The van der Waals surface area contributed by atoms with Crippen LogP contribution in [0, 0.1) is 13.8 Å². The molecule has 1 saturated heterocycles. The zero-order valence-electron chi connectivity index (χ0n) is 29.0. The minimum absolute atomic E-state index is 0.121. The second-order valence-electron chi connectivity index (χ2n) is 13.4. The Kier molecular flexibility index (Phi) is 15.0. The van der Waals surface area contributed by atoms with E-state index in [1.807, 2.05) is 44.2 Å². The van der Waals surface area contributed by atoms with E-state index in [1.165, 1.54) is 5.56 Å². The molecule has 13 nitrogen and oxygen atoms in total. The Labute approximate surface area is 295 Å². The molecule has 1 aliphatic heterocycles. The lowest BCUT2D eigenvalue weighted by Gasteiger charge is -2.28. The molecule has 0 atom stereocenters. The van der Waals surface area contributed by atoms with E-state index in [1.54, 1.807) is 0 Å². The molecule has 1 fully saturated rings. The van der Waals surface area contributed by atoms with Crippen LogP contribution < -0.4 is 10.6 Å². The highest BCUT2D eigenvalue weighted by atomic mass is 31.2. The van der Waals surface area contributed by atoms with Gasteiger partial charge in [-0.3, -0.25) is 23.8 Å². The van der Waals surface area contributed by atoms with Crippen molar-refractivity contribution in [2.75, 3.05) is 51.8 Å². The first-order chi connectivity index (χ1) is 23.6. The molecule has 4 rings (SSSR count). The maximum Gasteiger partial charge on any atom is 0.339 e. The molecular weight excluding hydrogens is 680 g/mol. The molecule has 8 N–H and O–H groups in total. The Morgan fingerprint density at radius 1 is 0.580 bits per heavy atom. The van der Waals surface area contributed by atoms with Crippen LogP contribution in [0.1, 0.15) is 51.8 Å². The van der Waals surface area contributed by atoms with Gasteiger partial charge in [0.2, 0.25) is 0 Å². The van der Waals surface area contributed by atoms with Gasteiger partial charge in [-0.1, -0.05) is 65.7 Å². The third-order valence-corrected chi connectivity index (χ3v) is 10.0. The van der Waals surface area contributed by atoms with Crippen LogP contribution in [-0.2, 0) is 41.9 Å². The number of phenolic OH excluding ortho intramolecular Hbond substituents is 2. The van der Waals surface area contributed by atoms with Crippen LogP contribution >= 0.6 is 15.2 Å². The summed E-state index contributed by atoms with van der Waals surface area (Å²) in [7, 11) is -8.45. The quantitative estimate of drug-likeness (QED) is 0.112. The van der Waals surface area contributed by atoms with Gasteiger partial charge in [-0.05, 0) is 58.4 Å². The van der Waals surface area contributed by atoms with E-state index >= 15 is 0 Å². The molecule has 0 amide bonds. The van der Waals surface area contributed by atoms with E-state index in [-0.39, 0.29) is 24.6 Å². The summed E-state index contributed by atoms with van der Waals surface area (Å²) in [5, 5.41) is 28.0. The summed E-state index contributed by atoms with van der Waals surface area (Å²) in [4.78, 5) is 44.1. The van der Waals surface area contributed by atoms with Crippen LogP contribution in [0.5, 0.6) is 11.5 Å². The minimum atomic E-state index is -4.23. The van der Waals surface area contributed by atoms with E-state index < -0.39 is 27.8 Å². The monoisotopic (exact) mass is 733 g/mol. The summed E-state index contributed by atoms with van der Waals surface area (Å²) in [5.74, 6) is 0.241. The number of aromatic hydroxyl groups is 2. The van der Waals surface area contributed by atoms with Crippen molar-refractivity contribution in [2.24, 2.45) is 0 Å². The zero-order chi connectivity index (χ0) is 36.3. The molecule has 50 heavy (non-hydrogen) atoms. The molecular formula is C35H53N5O8P2. The number of benzene rings is 3. The maximum absolute atomic E-state index is 11.3. The van der Waals surface area contributed by atoms with Crippen LogP contribution in [0.25, 0.3) is 0 Å². The fourth-order valence-corrected chi connectivity index (χ4v) is 7.31. The minimum Gasteiger partial charge on any atom is -0.507 e. The molecule has 15 heteroatoms. The van der Waals surface area contributed by atoms with Crippen molar-refractivity contribution >= 4 is 15.2 Å². The number of hydrogen-bond acceptors (Lipinski definition) is 9. The molecule has 0 aromatic heterocycles. The molecule has 1 aliphatic rings. The van der Waals surface area contributed by atoms with Gasteiger partial charge in [0.05, 0.1) is 12.6 Å². The third-order valence-electron chi connectivity index (χ3n) is 8.76. The topological polar surface area (TPSA) is 189 Å². The van der Waals surface area contributed by atoms with Crippen molar-refractivity contribution in [1.29, 1.82) is 0 Å². The Balaban J connectivity index is 1.54. The van der Waals surface area contributed by atoms with Crippen molar-refractivity contribution in [3.63, 3.8) is 0 Å². The standard InChI is InChI=1S/C35H53N5O8P2/c1-27-16-30(20-36-25-49(43,44)45)34(41)32(18-27)23-39-12-6-10-38(22-29-8-4-3-5-9-29)11-7-13-40(15-14-39)24-33-19-28(2)17-31(35(33)42)21-37-26-50(46,47)48/h3-5,8-9,16-19,36-37,41-42H,6-7,10-15,20-26H2,1-2H3,(H2,43,44,45)(H2,46,47,48). The predicted molar refractivity (Wildman–Crippen MR) is 195 cm³/mol. The van der Waals surface area contributed by atoms with Crippen molar-refractivity contribution in [3.05, 3.63) is 93.5 Å². The van der Waals surface area contributed by atoms with Crippen LogP contribution in [0.15, 0.2) is 54.6 Å². The molecule has 0 aliphatic carbocycles. The lowest BCUT2D eigenvalue weighted by molar-refractivity contribution is 0.192. The van der Waals surface area contributed by atoms with Gasteiger partial charge in [-0.15, -0.1) is 0 Å². The molecule has 0 unspecified atom stereocenters. The normalized spacial score (nSPS) is 16.4. The van der Waals surface area contributed by atoms with Gasteiger partial charge in [0, 0.05) is 68.1 Å². The van der Waals surface area contributed by atoms with E-state index in [0.717, 1.165) is 67.8 Å². The van der Waals surface area contributed by atoms with Gasteiger partial charge < -0.3 is 40.4 Å². The van der Waals surface area contributed by atoms with Gasteiger partial charge in [-0.25, -0.2) is 0 Å². The number of aryl methyl sites for hydroxylation is 2. The van der Waals surface area contributed by atoms with Crippen molar-refractivity contribution < 1.29 is 38.9 Å². The van der Waals surface area contributed by atoms with Gasteiger partial charge in [0.25, 0.3) is 0 Å². The average molecular weight is 734 g/mol. The van der Waals surface area contributed by atoms with E-state index in [4.69, 9.17) is 0 Å². The number of hydrogen-bond donors (Lipinski definition) is 8. The van der Waals surface area contributed by atoms with E-state index in [0.29, 0.717) is 37.3 Å². The van der Waals surface area contributed by atoms with Crippen LogP contribution in [0.4, 0.5) is 0 Å². The van der Waals surface area contributed by atoms with E-state index in [9.17, 15) is 38.9 Å². The second kappa shape index (κ2) is 18.7.